The minimum Gasteiger partial charge on any atom is -0.373 e. The zero-order valence-electron chi connectivity index (χ0n) is 11.2. The zero-order valence-corrected chi connectivity index (χ0v) is 12.8. The second-order valence-electron chi connectivity index (χ2n) is 5.64. The molecule has 0 spiro atoms. The van der Waals surface area contributed by atoms with Gasteiger partial charge in [-0.1, -0.05) is 20.8 Å². The van der Waals surface area contributed by atoms with Gasteiger partial charge in [0.25, 0.3) is 0 Å². The molecule has 3 heteroatoms. The lowest BCUT2D eigenvalue weighted by Gasteiger charge is -2.29. The average molecular weight is 298 g/mol. The fraction of sp³-hybridized carbons (Fsp3) is 0.500. The van der Waals surface area contributed by atoms with E-state index in [0.29, 0.717) is 0 Å². The predicted molar refractivity (Wildman–Crippen MR) is 76.9 cm³/mol. The van der Waals surface area contributed by atoms with Gasteiger partial charge in [-0.3, -0.25) is 4.79 Å². The molecule has 1 aromatic carbocycles. The summed E-state index contributed by atoms with van der Waals surface area (Å²) in [6.45, 7) is 9.18. The number of Topliss-reactive ketones (excluding diaryl/α,β-unsaturated/α-hetero) is 1. The largest absolute Gasteiger partial charge is 0.373 e. The fourth-order valence-corrected chi connectivity index (χ4v) is 2.51. The lowest BCUT2D eigenvalue weighted by atomic mass is 9.96. The Morgan fingerprint density at radius 1 is 1.35 bits per heavy atom. The minimum absolute atomic E-state index is 0.0933. The third-order valence-corrected chi connectivity index (χ3v) is 3.11. The van der Waals surface area contributed by atoms with Crippen molar-refractivity contribution in [3.8, 4) is 0 Å². The van der Waals surface area contributed by atoms with Gasteiger partial charge in [-0.25, -0.2) is 0 Å². The number of hydrogen-bond donors (Lipinski definition) is 0. The van der Waals surface area contributed by atoms with Gasteiger partial charge in [0.2, 0.25) is 0 Å². The van der Waals surface area contributed by atoms with E-state index in [0.717, 1.165) is 22.3 Å². The monoisotopic (exact) mass is 297 g/mol. The molecule has 0 unspecified atom stereocenters. The highest BCUT2D eigenvalue weighted by Crippen LogP contribution is 2.29. The van der Waals surface area contributed by atoms with E-state index in [2.05, 4.69) is 48.6 Å². The molecule has 0 N–H and O–H groups in total. The van der Waals surface area contributed by atoms with Crippen LogP contribution in [0, 0.1) is 5.41 Å². The van der Waals surface area contributed by atoms with Gasteiger partial charge in [0.1, 0.15) is 0 Å². The topological polar surface area (TPSA) is 20.3 Å². The van der Waals surface area contributed by atoms with E-state index in [1.54, 1.807) is 6.92 Å². The van der Waals surface area contributed by atoms with Crippen molar-refractivity contribution < 1.29 is 4.79 Å². The summed E-state index contributed by atoms with van der Waals surface area (Å²) in [6, 6.07) is 5.75. The van der Waals surface area contributed by atoms with Gasteiger partial charge in [0.15, 0.2) is 5.78 Å². The molecule has 0 aromatic heterocycles. The summed E-state index contributed by atoms with van der Waals surface area (Å²) in [5.41, 5.74) is 2.10. The van der Waals surface area contributed by atoms with E-state index >= 15 is 0 Å². The number of anilines is 1. The molecule has 1 rings (SSSR count). The Labute approximate surface area is 112 Å². The van der Waals surface area contributed by atoms with Gasteiger partial charge in [-0.2, -0.15) is 0 Å². The molecular weight excluding hydrogens is 278 g/mol. The van der Waals surface area contributed by atoms with Gasteiger partial charge < -0.3 is 4.90 Å². The first-order valence-corrected chi connectivity index (χ1v) is 6.51. The fourth-order valence-electron chi connectivity index (χ4n) is 1.83. The summed E-state index contributed by atoms with van der Waals surface area (Å²) in [4.78, 5) is 13.5. The molecule has 2 nitrogen and oxygen atoms in total. The number of nitrogens with zero attached hydrogens (tertiary/aromatic N) is 1. The zero-order chi connectivity index (χ0) is 13.2. The summed E-state index contributed by atoms with van der Waals surface area (Å²) >= 11 is 3.53. The van der Waals surface area contributed by atoms with Gasteiger partial charge >= 0.3 is 0 Å². The van der Waals surface area contributed by atoms with E-state index in [1.165, 1.54) is 0 Å². The number of halogens is 1. The first-order valence-electron chi connectivity index (χ1n) is 5.72. The highest BCUT2D eigenvalue weighted by atomic mass is 79.9. The van der Waals surface area contributed by atoms with Crippen LogP contribution in [0.2, 0.25) is 0 Å². The highest BCUT2D eigenvalue weighted by Gasteiger charge is 2.16. The van der Waals surface area contributed by atoms with Crippen LogP contribution in [-0.4, -0.2) is 19.4 Å². The quantitative estimate of drug-likeness (QED) is 0.782. The lowest BCUT2D eigenvalue weighted by Crippen LogP contribution is -2.29. The van der Waals surface area contributed by atoms with Crippen molar-refractivity contribution in [3.05, 3.63) is 28.2 Å². The van der Waals surface area contributed by atoms with Gasteiger partial charge in [-0.05, 0) is 46.5 Å². The Hall–Kier alpha value is -0.830. The molecule has 0 aliphatic rings. The number of rotatable bonds is 3. The van der Waals surface area contributed by atoms with E-state index in [-0.39, 0.29) is 11.2 Å². The molecule has 0 saturated carbocycles. The molecule has 0 heterocycles. The Bertz CT molecular complexity index is 421. The molecule has 0 aliphatic heterocycles. The summed E-state index contributed by atoms with van der Waals surface area (Å²) < 4.78 is 0.969. The molecule has 94 valence electrons. The van der Waals surface area contributed by atoms with Crippen molar-refractivity contribution in [2.24, 2.45) is 5.41 Å². The van der Waals surface area contributed by atoms with Crippen LogP contribution in [-0.2, 0) is 0 Å². The maximum atomic E-state index is 11.3. The number of ketones is 1. The maximum absolute atomic E-state index is 11.3. The first kappa shape index (κ1) is 14.2. The van der Waals surface area contributed by atoms with Crippen LogP contribution in [0.1, 0.15) is 38.1 Å². The molecule has 0 atom stereocenters. The third kappa shape index (κ3) is 4.15. The summed E-state index contributed by atoms with van der Waals surface area (Å²) in [5, 5.41) is 0. The molecule has 0 amide bonds. The van der Waals surface area contributed by atoms with Crippen molar-refractivity contribution in [1.82, 2.24) is 0 Å². The van der Waals surface area contributed by atoms with E-state index in [4.69, 9.17) is 0 Å². The third-order valence-electron chi connectivity index (χ3n) is 2.48. The predicted octanol–water partition coefficient (Wildman–Crippen LogP) is 4.13. The number of carbonyl (C=O) groups is 1. The Balaban J connectivity index is 2.96. The second kappa shape index (κ2) is 5.21. The van der Waals surface area contributed by atoms with Crippen LogP contribution < -0.4 is 4.90 Å². The SMILES string of the molecule is CC(=O)c1ccc(N(C)CC(C)(C)C)c(Br)c1. The normalized spacial score (nSPS) is 11.4. The van der Waals surface area contributed by atoms with Crippen molar-refractivity contribution in [2.75, 3.05) is 18.5 Å². The van der Waals surface area contributed by atoms with Crippen molar-refractivity contribution in [1.29, 1.82) is 0 Å². The van der Waals surface area contributed by atoms with E-state index in [1.807, 2.05) is 18.2 Å². The van der Waals surface area contributed by atoms with Gasteiger partial charge in [-0.15, -0.1) is 0 Å². The van der Waals surface area contributed by atoms with Crippen LogP contribution in [0.4, 0.5) is 5.69 Å². The van der Waals surface area contributed by atoms with Gasteiger partial charge in [0, 0.05) is 23.6 Å². The lowest BCUT2D eigenvalue weighted by molar-refractivity contribution is 0.101. The molecular formula is C14H20BrNO. The smallest absolute Gasteiger partial charge is 0.159 e. The van der Waals surface area contributed by atoms with Crippen LogP contribution in [0.15, 0.2) is 22.7 Å². The standard InChI is InChI=1S/C14H20BrNO/c1-10(17)11-6-7-13(12(15)8-11)16(5)9-14(2,3)4/h6-8H,9H2,1-5H3. The van der Waals surface area contributed by atoms with Crippen LogP contribution >= 0.6 is 15.9 Å². The van der Waals surface area contributed by atoms with Crippen LogP contribution in [0.3, 0.4) is 0 Å². The molecule has 0 fully saturated rings. The molecule has 0 aliphatic carbocycles. The van der Waals surface area contributed by atoms with E-state index in [9.17, 15) is 4.79 Å². The summed E-state index contributed by atoms with van der Waals surface area (Å²) in [7, 11) is 2.07. The second-order valence-corrected chi connectivity index (χ2v) is 6.49. The van der Waals surface area contributed by atoms with Crippen molar-refractivity contribution >= 4 is 27.4 Å². The summed E-state index contributed by atoms with van der Waals surface area (Å²) in [5.74, 6) is 0.0933. The summed E-state index contributed by atoms with van der Waals surface area (Å²) in [6.07, 6.45) is 0. The van der Waals surface area contributed by atoms with Crippen molar-refractivity contribution in [2.45, 2.75) is 27.7 Å². The number of benzene rings is 1. The van der Waals surface area contributed by atoms with Crippen molar-refractivity contribution in [3.63, 3.8) is 0 Å². The molecule has 1 aromatic rings. The Morgan fingerprint density at radius 3 is 2.35 bits per heavy atom. The maximum Gasteiger partial charge on any atom is 0.159 e. The molecule has 0 radical (unpaired) electrons. The number of hydrogen-bond acceptors (Lipinski definition) is 2. The average Bonchev–Trinajstić information content (AvgIpc) is 2.14. The van der Waals surface area contributed by atoms with E-state index < -0.39 is 0 Å². The first-order chi connectivity index (χ1) is 7.70. The van der Waals surface area contributed by atoms with Crippen LogP contribution in [0.5, 0.6) is 0 Å². The Morgan fingerprint density at radius 2 is 1.94 bits per heavy atom. The number of carbonyl (C=O) groups excluding carboxylic acids is 1. The van der Waals surface area contributed by atoms with Gasteiger partial charge in [0.05, 0.1) is 5.69 Å². The Kier molecular flexibility index (Phi) is 4.36. The highest BCUT2D eigenvalue weighted by molar-refractivity contribution is 9.10. The molecule has 17 heavy (non-hydrogen) atoms. The molecule has 0 bridgehead atoms. The minimum atomic E-state index is 0.0933. The van der Waals surface area contributed by atoms with Crippen LogP contribution in [0.25, 0.3) is 0 Å². The molecule has 0 saturated heterocycles.